The molecule has 1 aliphatic carbocycles. The molecule has 2 aliphatic rings. The van der Waals surface area contributed by atoms with Crippen molar-refractivity contribution in [3.63, 3.8) is 0 Å². The molecule has 1 N–H and O–H groups in total. The Bertz CT molecular complexity index is 370. The maximum absolute atomic E-state index is 13.9. The fraction of sp³-hybridized carbons (Fsp3) is 0.643. The minimum Gasteiger partial charge on any atom is -0.393 e. The van der Waals surface area contributed by atoms with Crippen LogP contribution in [0.15, 0.2) is 28.2 Å². The third kappa shape index (κ3) is 3.03. The molecule has 0 spiro atoms. The summed E-state index contributed by atoms with van der Waals surface area (Å²) in [7, 11) is 0. The maximum atomic E-state index is 13.9. The predicted octanol–water partition coefficient (Wildman–Crippen LogP) is 3.53. The second-order valence-corrected chi connectivity index (χ2v) is 4.97. The molecule has 2 rings (SSSR count). The first kappa shape index (κ1) is 12.5. The number of hydrogen-bond acceptors (Lipinski definition) is 2. The van der Waals surface area contributed by atoms with E-state index in [2.05, 4.69) is 11.9 Å². The van der Waals surface area contributed by atoms with E-state index in [0.29, 0.717) is 12.8 Å². The van der Waals surface area contributed by atoms with Gasteiger partial charge in [-0.1, -0.05) is 18.9 Å². The summed E-state index contributed by atoms with van der Waals surface area (Å²) < 4.78 is 13.9. The lowest BCUT2D eigenvalue weighted by Gasteiger charge is -2.28. The summed E-state index contributed by atoms with van der Waals surface area (Å²) in [5, 5.41) is 9.69. The van der Waals surface area contributed by atoms with Gasteiger partial charge in [0, 0.05) is 6.21 Å². The zero-order valence-electron chi connectivity index (χ0n) is 10.3. The Balaban J connectivity index is 2.17. The molecule has 0 aromatic carbocycles. The van der Waals surface area contributed by atoms with Crippen molar-refractivity contribution < 1.29 is 9.50 Å². The normalized spacial score (nSPS) is 30.2. The molecule has 0 amide bonds. The van der Waals surface area contributed by atoms with E-state index in [9.17, 15) is 9.50 Å². The van der Waals surface area contributed by atoms with E-state index in [1.165, 1.54) is 5.57 Å². The van der Waals surface area contributed by atoms with Crippen molar-refractivity contribution in [3.8, 4) is 0 Å². The molecule has 1 aliphatic heterocycles. The van der Waals surface area contributed by atoms with Crippen LogP contribution in [0.1, 0.15) is 45.4 Å². The van der Waals surface area contributed by atoms with Gasteiger partial charge in [-0.2, -0.15) is 4.39 Å². The fourth-order valence-corrected chi connectivity index (χ4v) is 2.70. The summed E-state index contributed by atoms with van der Waals surface area (Å²) in [5.74, 6) is -0.159. The molecule has 1 heterocycles. The van der Waals surface area contributed by atoms with Crippen LogP contribution in [0.3, 0.4) is 0 Å². The van der Waals surface area contributed by atoms with Crippen LogP contribution in [-0.4, -0.2) is 17.4 Å². The van der Waals surface area contributed by atoms with E-state index in [-0.39, 0.29) is 18.0 Å². The van der Waals surface area contributed by atoms with Gasteiger partial charge in [0.15, 0.2) is 0 Å². The minimum atomic E-state index is -0.330. The third-order valence-electron chi connectivity index (χ3n) is 3.77. The second kappa shape index (κ2) is 5.58. The molecule has 1 fully saturated rings. The van der Waals surface area contributed by atoms with Crippen molar-refractivity contribution >= 4 is 6.21 Å². The number of nitrogens with zero attached hydrogens (tertiary/aromatic N) is 1. The first-order valence-corrected chi connectivity index (χ1v) is 6.49. The highest BCUT2D eigenvalue weighted by atomic mass is 19.1. The van der Waals surface area contributed by atoms with Crippen LogP contribution in [0, 0.1) is 5.92 Å². The summed E-state index contributed by atoms with van der Waals surface area (Å²) in [6, 6.07) is 0. The number of aliphatic hydroxyl groups is 1. The molecule has 17 heavy (non-hydrogen) atoms. The van der Waals surface area contributed by atoms with Gasteiger partial charge in [-0.3, -0.25) is 0 Å². The molecule has 0 radical (unpaired) electrons. The van der Waals surface area contributed by atoms with Gasteiger partial charge in [-0.15, -0.1) is 0 Å². The van der Waals surface area contributed by atoms with Crippen LogP contribution in [-0.2, 0) is 0 Å². The molecule has 1 saturated carbocycles. The topological polar surface area (TPSA) is 32.6 Å². The molecular formula is C14H20FNO. The highest BCUT2D eigenvalue weighted by Gasteiger charge is 2.26. The van der Waals surface area contributed by atoms with Crippen molar-refractivity contribution in [1.29, 1.82) is 0 Å². The Hall–Kier alpha value is -0.960. The van der Waals surface area contributed by atoms with E-state index in [4.69, 9.17) is 0 Å². The van der Waals surface area contributed by atoms with Crippen LogP contribution in [0.25, 0.3) is 0 Å². The van der Waals surface area contributed by atoms with Crippen LogP contribution < -0.4 is 0 Å². The average molecular weight is 237 g/mol. The Kier molecular flexibility index (Phi) is 4.11. The minimum absolute atomic E-state index is 0.170. The van der Waals surface area contributed by atoms with E-state index < -0.39 is 0 Å². The average Bonchev–Trinajstić information content (AvgIpc) is 2.51. The van der Waals surface area contributed by atoms with Gasteiger partial charge in [0.1, 0.15) is 0 Å². The summed E-state index contributed by atoms with van der Waals surface area (Å²) >= 11 is 0. The predicted molar refractivity (Wildman–Crippen MR) is 67.6 cm³/mol. The second-order valence-electron chi connectivity index (χ2n) is 4.97. The quantitative estimate of drug-likeness (QED) is 0.732. The van der Waals surface area contributed by atoms with Gasteiger partial charge in [0.2, 0.25) is 5.95 Å². The molecule has 0 aromatic rings. The molecule has 2 unspecified atom stereocenters. The number of halogens is 1. The molecule has 0 saturated heterocycles. The van der Waals surface area contributed by atoms with E-state index in [1.54, 1.807) is 6.21 Å². The van der Waals surface area contributed by atoms with Crippen molar-refractivity contribution in [1.82, 2.24) is 0 Å². The lowest BCUT2D eigenvalue weighted by molar-refractivity contribution is 0.109. The van der Waals surface area contributed by atoms with Crippen molar-refractivity contribution in [3.05, 3.63) is 23.2 Å². The monoisotopic (exact) mass is 237 g/mol. The van der Waals surface area contributed by atoms with Crippen molar-refractivity contribution in [2.24, 2.45) is 10.9 Å². The molecule has 2 nitrogen and oxygen atoms in total. The number of allylic oxidation sites excluding steroid dienone is 3. The maximum Gasteiger partial charge on any atom is 0.212 e. The summed E-state index contributed by atoms with van der Waals surface area (Å²) in [6.45, 7) is 2.08. The first-order valence-electron chi connectivity index (χ1n) is 6.49. The molecular weight excluding hydrogens is 217 g/mol. The van der Waals surface area contributed by atoms with Gasteiger partial charge < -0.3 is 5.11 Å². The number of rotatable bonds is 2. The Morgan fingerprint density at radius 3 is 3.00 bits per heavy atom. The van der Waals surface area contributed by atoms with Crippen molar-refractivity contribution in [2.75, 3.05) is 0 Å². The van der Waals surface area contributed by atoms with E-state index in [0.717, 1.165) is 31.3 Å². The van der Waals surface area contributed by atoms with Crippen LogP contribution in [0.5, 0.6) is 0 Å². The molecule has 0 aromatic heterocycles. The summed E-state index contributed by atoms with van der Waals surface area (Å²) in [5.41, 5.74) is 2.02. The van der Waals surface area contributed by atoms with Gasteiger partial charge in [0.25, 0.3) is 0 Å². The SMILES string of the molecule is CCC1=CC=NC(F)=C(C2CCCC(O)C2)C1. The first-order chi connectivity index (χ1) is 8.20. The Labute approximate surface area is 102 Å². The zero-order valence-corrected chi connectivity index (χ0v) is 10.3. The summed E-state index contributed by atoms with van der Waals surface area (Å²) in [6.07, 6.45) is 8.31. The van der Waals surface area contributed by atoms with Crippen LogP contribution in [0.2, 0.25) is 0 Å². The van der Waals surface area contributed by atoms with Crippen LogP contribution >= 0.6 is 0 Å². The number of hydrogen-bond donors (Lipinski definition) is 1. The fourth-order valence-electron chi connectivity index (χ4n) is 2.70. The standard InChI is InChI=1S/C14H20FNO/c1-2-10-6-7-16-14(15)13(8-10)11-4-3-5-12(17)9-11/h6-7,11-12,17H,2-5,8-9H2,1H3. The van der Waals surface area contributed by atoms with Crippen molar-refractivity contribution in [2.45, 2.75) is 51.6 Å². The number of aliphatic imine (C=N–C) groups is 1. The smallest absolute Gasteiger partial charge is 0.212 e. The lowest BCUT2D eigenvalue weighted by atomic mass is 9.80. The lowest BCUT2D eigenvalue weighted by Crippen LogP contribution is -2.21. The molecule has 2 atom stereocenters. The number of aliphatic hydroxyl groups excluding tert-OH is 1. The Morgan fingerprint density at radius 2 is 2.29 bits per heavy atom. The highest BCUT2D eigenvalue weighted by Crippen LogP contribution is 2.36. The van der Waals surface area contributed by atoms with Gasteiger partial charge in [-0.25, -0.2) is 4.99 Å². The molecule has 0 bridgehead atoms. The highest BCUT2D eigenvalue weighted by molar-refractivity contribution is 5.74. The summed E-state index contributed by atoms with van der Waals surface area (Å²) in [4.78, 5) is 3.83. The molecule has 3 heteroatoms. The van der Waals surface area contributed by atoms with Gasteiger partial charge in [0.05, 0.1) is 6.10 Å². The zero-order chi connectivity index (χ0) is 12.3. The van der Waals surface area contributed by atoms with Crippen LogP contribution in [0.4, 0.5) is 4.39 Å². The van der Waals surface area contributed by atoms with E-state index >= 15 is 0 Å². The third-order valence-corrected chi connectivity index (χ3v) is 3.77. The Morgan fingerprint density at radius 1 is 1.47 bits per heavy atom. The molecule has 94 valence electrons. The van der Waals surface area contributed by atoms with Gasteiger partial charge in [-0.05, 0) is 49.7 Å². The van der Waals surface area contributed by atoms with Gasteiger partial charge >= 0.3 is 0 Å². The van der Waals surface area contributed by atoms with E-state index in [1.807, 2.05) is 6.08 Å². The largest absolute Gasteiger partial charge is 0.393 e.